The molecule has 1 fully saturated rings. The van der Waals surface area contributed by atoms with E-state index in [1.165, 1.54) is 50.6 Å². The second kappa shape index (κ2) is 15.1. The van der Waals surface area contributed by atoms with Crippen LogP contribution >= 0.6 is 0 Å². The highest BCUT2D eigenvalue weighted by Crippen LogP contribution is 2.28. The van der Waals surface area contributed by atoms with E-state index >= 15 is 0 Å². The molecule has 1 aliphatic heterocycles. The summed E-state index contributed by atoms with van der Waals surface area (Å²) in [6.45, 7) is 4.94. The molecular formula is C33H37F3N8O6. The number of nitrogens with zero attached hydrogens (tertiary/aromatic N) is 5. The summed E-state index contributed by atoms with van der Waals surface area (Å²) < 4.78 is 57.9. The van der Waals surface area contributed by atoms with E-state index in [1.807, 2.05) is 12.1 Å². The molecule has 0 spiro atoms. The Morgan fingerprint density at radius 1 is 1.14 bits per heavy atom. The number of hydrogen-bond donors (Lipinski definition) is 3. The number of carbonyl (C=O) groups excluding carboxylic acids is 3. The zero-order valence-electron chi connectivity index (χ0n) is 27.6. The molecule has 1 unspecified atom stereocenters. The molecule has 1 aliphatic rings. The van der Waals surface area contributed by atoms with Crippen molar-refractivity contribution in [1.29, 1.82) is 0 Å². The fourth-order valence-electron chi connectivity index (χ4n) is 5.04. The van der Waals surface area contributed by atoms with Crippen LogP contribution in [0.4, 0.5) is 29.5 Å². The van der Waals surface area contributed by atoms with Crippen molar-refractivity contribution in [3.8, 4) is 17.1 Å². The molecule has 5 rings (SSSR count). The maximum Gasteiger partial charge on any atom is 0.416 e. The van der Waals surface area contributed by atoms with Crippen molar-refractivity contribution in [3.63, 3.8) is 0 Å². The summed E-state index contributed by atoms with van der Waals surface area (Å²) in [4.78, 5) is 46.4. The van der Waals surface area contributed by atoms with Gasteiger partial charge in [-0.05, 0) is 70.0 Å². The Balaban J connectivity index is 1.28. The highest BCUT2D eigenvalue weighted by molar-refractivity contribution is 6.07. The first-order valence-corrected chi connectivity index (χ1v) is 15.8. The topological polar surface area (TPSA) is 180 Å². The van der Waals surface area contributed by atoms with Gasteiger partial charge in [0, 0.05) is 17.8 Å². The second-order valence-electron chi connectivity index (χ2n) is 12.6. The van der Waals surface area contributed by atoms with Crippen LogP contribution in [-0.4, -0.2) is 75.2 Å². The number of aromatic nitrogens is 4. The van der Waals surface area contributed by atoms with Gasteiger partial charge in [-0.1, -0.05) is 18.6 Å². The standard InChI is InChI=1S/C33H37F3N8O6/c1-32(2,3)50-31(47)43(19-33(34,35)36)26-14-21(11-13-39-26)30-41-25(18-49-30)29(46)40-24-15-44(42-27(24)28(37)45)23-9-7-20(8-10-23)16-48-17-22-6-4-5-12-38-22/h7-11,13-15,18,22,38H,4-6,12,16-17,19H2,1-3H3,(H2,37,45)(H,40,46). The van der Waals surface area contributed by atoms with Crippen LogP contribution in [0.15, 0.2) is 59.5 Å². The van der Waals surface area contributed by atoms with Crippen molar-refractivity contribution < 1.29 is 41.4 Å². The molecule has 1 aromatic carbocycles. The van der Waals surface area contributed by atoms with Crippen LogP contribution in [0.3, 0.4) is 0 Å². The predicted octanol–water partition coefficient (Wildman–Crippen LogP) is 5.24. The number of alkyl halides is 3. The van der Waals surface area contributed by atoms with Gasteiger partial charge in [-0.2, -0.15) is 18.3 Å². The summed E-state index contributed by atoms with van der Waals surface area (Å²) in [5, 5.41) is 10.2. The summed E-state index contributed by atoms with van der Waals surface area (Å²) in [6, 6.07) is 10.2. The van der Waals surface area contributed by atoms with E-state index in [9.17, 15) is 27.6 Å². The monoisotopic (exact) mass is 698 g/mol. The normalized spacial score (nSPS) is 15.0. The number of pyridine rings is 1. The molecule has 3 aromatic heterocycles. The van der Waals surface area contributed by atoms with E-state index in [0.29, 0.717) is 29.8 Å². The van der Waals surface area contributed by atoms with E-state index in [4.69, 9.17) is 19.6 Å². The lowest BCUT2D eigenvalue weighted by Gasteiger charge is -2.27. The van der Waals surface area contributed by atoms with Gasteiger partial charge in [0.1, 0.15) is 24.2 Å². The summed E-state index contributed by atoms with van der Waals surface area (Å²) >= 11 is 0. The van der Waals surface area contributed by atoms with Crippen LogP contribution in [0.1, 0.15) is 66.6 Å². The van der Waals surface area contributed by atoms with Crippen LogP contribution in [0.5, 0.6) is 0 Å². The Kier molecular flexibility index (Phi) is 10.9. The van der Waals surface area contributed by atoms with Gasteiger partial charge in [0.05, 0.1) is 30.8 Å². The Bertz CT molecular complexity index is 1810. The smallest absolute Gasteiger partial charge is 0.416 e. The highest BCUT2D eigenvalue weighted by Gasteiger charge is 2.37. The van der Waals surface area contributed by atoms with E-state index in [0.717, 1.165) is 37.1 Å². The van der Waals surface area contributed by atoms with Gasteiger partial charge in [0.2, 0.25) is 5.89 Å². The van der Waals surface area contributed by atoms with Gasteiger partial charge in [0.15, 0.2) is 11.4 Å². The first kappa shape index (κ1) is 36.0. The minimum atomic E-state index is -4.76. The number of piperidine rings is 1. The number of benzene rings is 1. The van der Waals surface area contributed by atoms with Gasteiger partial charge in [-0.3, -0.25) is 14.5 Å². The second-order valence-corrected chi connectivity index (χ2v) is 12.6. The lowest BCUT2D eigenvalue weighted by atomic mass is 10.1. The maximum absolute atomic E-state index is 13.4. The lowest BCUT2D eigenvalue weighted by molar-refractivity contribution is -0.119. The molecule has 14 nitrogen and oxygen atoms in total. The van der Waals surface area contributed by atoms with Crippen molar-refractivity contribution in [2.75, 3.05) is 29.9 Å². The van der Waals surface area contributed by atoms with Crippen molar-refractivity contribution in [2.45, 2.75) is 64.5 Å². The Labute approximate surface area is 285 Å². The third kappa shape index (κ3) is 9.66. The number of rotatable bonds is 11. The largest absolute Gasteiger partial charge is 0.444 e. The number of nitrogens with one attached hydrogen (secondary N) is 2. The Hall–Kier alpha value is -5.29. The van der Waals surface area contributed by atoms with E-state index in [-0.39, 0.29) is 34.3 Å². The average Bonchev–Trinajstić information content (AvgIpc) is 3.72. The van der Waals surface area contributed by atoms with Crippen LogP contribution in [0, 0.1) is 0 Å². The molecule has 17 heteroatoms. The number of oxazole rings is 1. The summed E-state index contributed by atoms with van der Waals surface area (Å²) in [5.41, 5.74) is 5.69. The third-order valence-electron chi connectivity index (χ3n) is 7.35. The van der Waals surface area contributed by atoms with Crippen molar-refractivity contribution in [1.82, 2.24) is 25.1 Å². The molecule has 266 valence electrons. The molecule has 1 saturated heterocycles. The summed E-state index contributed by atoms with van der Waals surface area (Å²) in [5.74, 6) is -2.21. The molecule has 3 amide bonds. The molecule has 4 aromatic rings. The van der Waals surface area contributed by atoms with Crippen LogP contribution in [-0.2, 0) is 16.1 Å². The zero-order valence-corrected chi connectivity index (χ0v) is 27.6. The lowest BCUT2D eigenvalue weighted by Crippen LogP contribution is -2.42. The molecule has 0 bridgehead atoms. The van der Waals surface area contributed by atoms with Crippen molar-refractivity contribution in [2.24, 2.45) is 5.73 Å². The fourth-order valence-corrected chi connectivity index (χ4v) is 5.04. The number of hydrogen-bond acceptors (Lipinski definition) is 10. The van der Waals surface area contributed by atoms with E-state index in [2.05, 4.69) is 25.7 Å². The number of nitrogens with two attached hydrogens (primary N) is 1. The van der Waals surface area contributed by atoms with Gasteiger partial charge < -0.3 is 30.3 Å². The summed E-state index contributed by atoms with van der Waals surface area (Å²) in [6.07, 6.45) is 1.04. The van der Waals surface area contributed by atoms with Crippen LogP contribution in [0.2, 0.25) is 0 Å². The Morgan fingerprint density at radius 2 is 1.90 bits per heavy atom. The van der Waals surface area contributed by atoms with Gasteiger partial charge in [-0.15, -0.1) is 0 Å². The molecule has 50 heavy (non-hydrogen) atoms. The third-order valence-corrected chi connectivity index (χ3v) is 7.35. The van der Waals surface area contributed by atoms with Crippen molar-refractivity contribution in [3.05, 3.63) is 72.0 Å². The van der Waals surface area contributed by atoms with E-state index < -0.39 is 36.2 Å². The molecular weight excluding hydrogens is 661 g/mol. The number of ether oxygens (including phenoxy) is 2. The number of carbonyl (C=O) groups is 3. The number of halogens is 3. The van der Waals surface area contributed by atoms with Crippen LogP contribution in [0.25, 0.3) is 17.1 Å². The predicted molar refractivity (Wildman–Crippen MR) is 175 cm³/mol. The van der Waals surface area contributed by atoms with Gasteiger partial charge in [-0.25, -0.2) is 19.4 Å². The molecule has 0 saturated carbocycles. The highest BCUT2D eigenvalue weighted by atomic mass is 19.4. The average molecular weight is 699 g/mol. The molecule has 0 aliphatic carbocycles. The number of primary amides is 1. The minimum absolute atomic E-state index is 0.00536. The molecule has 0 radical (unpaired) electrons. The Morgan fingerprint density at radius 3 is 2.56 bits per heavy atom. The van der Waals surface area contributed by atoms with Gasteiger partial charge in [0.25, 0.3) is 11.8 Å². The van der Waals surface area contributed by atoms with E-state index in [1.54, 1.807) is 12.1 Å². The molecule has 1 atom stereocenters. The minimum Gasteiger partial charge on any atom is -0.444 e. The number of anilines is 2. The molecule has 4 heterocycles. The first-order valence-electron chi connectivity index (χ1n) is 15.8. The maximum atomic E-state index is 13.4. The zero-order chi connectivity index (χ0) is 36.1. The van der Waals surface area contributed by atoms with Crippen molar-refractivity contribution >= 4 is 29.4 Å². The SMILES string of the molecule is CC(C)(C)OC(=O)N(CC(F)(F)F)c1cc(-c2nc(C(=O)Nc3cn(-c4ccc(COCC5CCCCN5)cc4)nc3C(N)=O)co2)ccn1. The quantitative estimate of drug-likeness (QED) is 0.188. The van der Waals surface area contributed by atoms with Gasteiger partial charge >= 0.3 is 12.3 Å². The number of amides is 3. The first-order chi connectivity index (χ1) is 23.6. The fraction of sp³-hybridized carbons (Fsp3) is 0.394. The summed E-state index contributed by atoms with van der Waals surface area (Å²) in [7, 11) is 0. The molecule has 4 N–H and O–H groups in total. The van der Waals surface area contributed by atoms with Crippen LogP contribution < -0.4 is 21.3 Å².